The first-order valence-electron chi connectivity index (χ1n) is 10.7. The maximum Gasteiger partial charge on any atom is 0.294 e. The maximum absolute atomic E-state index is 12.9. The van der Waals surface area contributed by atoms with Gasteiger partial charge in [-0.05, 0) is 37.9 Å². The lowest BCUT2D eigenvalue weighted by atomic mass is 9.87. The molecule has 0 amide bonds. The van der Waals surface area contributed by atoms with Crippen molar-refractivity contribution in [2.45, 2.75) is 82.4 Å². The third-order valence-corrected chi connectivity index (χ3v) is 5.98. The van der Waals surface area contributed by atoms with Crippen molar-refractivity contribution in [1.29, 1.82) is 0 Å². The van der Waals surface area contributed by atoms with E-state index in [1.54, 1.807) is 0 Å². The molecule has 0 aromatic heterocycles. The summed E-state index contributed by atoms with van der Waals surface area (Å²) < 4.78 is 31.4. The average Bonchev–Trinajstić information content (AvgIpc) is 2.69. The Morgan fingerprint density at radius 3 is 2.07 bits per heavy atom. The Kier molecular flexibility index (Phi) is 12.0. The lowest BCUT2D eigenvalue weighted by Gasteiger charge is -2.15. The monoisotopic (exact) mass is 425 g/mol. The second-order valence-electron chi connectivity index (χ2n) is 7.54. The molecule has 1 rings (SSSR count). The van der Waals surface area contributed by atoms with Gasteiger partial charge in [0.2, 0.25) is 0 Å². The van der Waals surface area contributed by atoms with Crippen molar-refractivity contribution in [1.82, 2.24) is 0 Å². The zero-order valence-electron chi connectivity index (χ0n) is 17.4. The summed E-state index contributed by atoms with van der Waals surface area (Å²) in [6, 6.07) is 5.06. The smallest absolute Gasteiger partial charge is 0.294 e. The molecule has 0 spiro atoms. The first kappa shape index (κ1) is 25.5. The van der Waals surface area contributed by atoms with Gasteiger partial charge in [0.1, 0.15) is 5.78 Å². The molecule has 1 aromatic rings. The zero-order valence-corrected chi connectivity index (χ0v) is 18.3. The van der Waals surface area contributed by atoms with E-state index in [2.05, 4.69) is 6.92 Å². The van der Waals surface area contributed by atoms with Gasteiger partial charge in [-0.25, -0.2) is 0 Å². The van der Waals surface area contributed by atoms with Crippen LogP contribution in [0.1, 0.15) is 87.9 Å². The summed E-state index contributed by atoms with van der Waals surface area (Å²) in [5.74, 6) is -1.07. The Morgan fingerprint density at radius 1 is 0.931 bits per heavy atom. The number of rotatable bonds is 16. The molecule has 1 unspecified atom stereocenters. The van der Waals surface area contributed by atoms with Crippen molar-refractivity contribution < 1.29 is 22.6 Å². The Hall–Kier alpha value is -1.57. The number of hydrogen-bond donors (Lipinski definition) is 2. The molecule has 0 saturated heterocycles. The van der Waals surface area contributed by atoms with Crippen LogP contribution in [0.3, 0.4) is 0 Å². The van der Waals surface area contributed by atoms with Gasteiger partial charge in [0.05, 0.1) is 10.8 Å². The normalized spacial score (nSPS) is 12.7. The summed E-state index contributed by atoms with van der Waals surface area (Å²) in [6.07, 6.45) is 10.0. The molecule has 7 heteroatoms. The van der Waals surface area contributed by atoms with Crippen molar-refractivity contribution in [2.75, 3.05) is 6.54 Å². The predicted molar refractivity (Wildman–Crippen MR) is 115 cm³/mol. The fourth-order valence-electron chi connectivity index (χ4n) is 3.35. The number of carbonyl (C=O) groups excluding carboxylic acids is 2. The van der Waals surface area contributed by atoms with Crippen molar-refractivity contribution in [3.63, 3.8) is 0 Å². The van der Waals surface area contributed by atoms with E-state index in [0.717, 1.165) is 25.7 Å². The molecule has 0 fully saturated rings. The SMILES string of the molecule is CCCCCCCCCC(=O)C(CCCCN)C(=O)c1ccc(S(=O)(=O)O)cc1. The summed E-state index contributed by atoms with van der Waals surface area (Å²) in [5.41, 5.74) is 5.81. The second kappa shape index (κ2) is 13.6. The number of benzene rings is 1. The Bertz CT molecular complexity index is 728. The van der Waals surface area contributed by atoms with Gasteiger partial charge in [-0.1, -0.05) is 64.0 Å². The highest BCUT2D eigenvalue weighted by Gasteiger charge is 2.26. The van der Waals surface area contributed by atoms with Crippen LogP contribution in [-0.2, 0) is 14.9 Å². The van der Waals surface area contributed by atoms with Crippen molar-refractivity contribution >= 4 is 21.7 Å². The van der Waals surface area contributed by atoms with Crippen LogP contribution in [0.5, 0.6) is 0 Å². The fraction of sp³-hybridized carbons (Fsp3) is 0.636. The second-order valence-corrected chi connectivity index (χ2v) is 8.96. The topological polar surface area (TPSA) is 115 Å². The molecule has 6 nitrogen and oxygen atoms in total. The van der Waals surface area contributed by atoms with Crippen LogP contribution in [-0.4, -0.2) is 31.1 Å². The number of ketones is 2. The fourth-order valence-corrected chi connectivity index (χ4v) is 3.83. The molecule has 164 valence electrons. The van der Waals surface area contributed by atoms with Gasteiger partial charge in [0, 0.05) is 12.0 Å². The summed E-state index contributed by atoms with van der Waals surface area (Å²) in [5, 5.41) is 0. The van der Waals surface area contributed by atoms with E-state index in [1.165, 1.54) is 49.9 Å². The van der Waals surface area contributed by atoms with Gasteiger partial charge >= 0.3 is 0 Å². The molecule has 0 aliphatic rings. The Balaban J connectivity index is 2.70. The molecule has 0 bridgehead atoms. The van der Waals surface area contributed by atoms with Crippen LogP contribution in [0.15, 0.2) is 29.2 Å². The number of carbonyl (C=O) groups is 2. The Morgan fingerprint density at radius 2 is 1.52 bits per heavy atom. The standard InChI is InChI=1S/C22H35NO5S/c1-2-3-4-5-6-7-8-12-21(24)20(11-9-10-17-23)22(25)18-13-15-19(16-14-18)29(26,27)28/h13-16,20H,2-12,17,23H2,1H3,(H,26,27,28). The lowest BCUT2D eigenvalue weighted by Crippen LogP contribution is -2.24. The van der Waals surface area contributed by atoms with E-state index in [-0.39, 0.29) is 22.0 Å². The number of hydrogen-bond acceptors (Lipinski definition) is 5. The summed E-state index contributed by atoms with van der Waals surface area (Å²) >= 11 is 0. The van der Waals surface area contributed by atoms with E-state index in [0.29, 0.717) is 25.8 Å². The molecule has 3 N–H and O–H groups in total. The number of nitrogens with two attached hydrogens (primary N) is 1. The van der Waals surface area contributed by atoms with E-state index >= 15 is 0 Å². The van der Waals surface area contributed by atoms with E-state index in [1.807, 2.05) is 0 Å². The van der Waals surface area contributed by atoms with Gasteiger partial charge in [-0.3, -0.25) is 14.1 Å². The molecule has 29 heavy (non-hydrogen) atoms. The van der Waals surface area contributed by atoms with E-state index in [9.17, 15) is 18.0 Å². The Labute approximate surface area is 175 Å². The van der Waals surface area contributed by atoms with Crippen LogP contribution < -0.4 is 5.73 Å². The predicted octanol–water partition coefficient (Wildman–Crippen LogP) is 4.57. The summed E-state index contributed by atoms with van der Waals surface area (Å²) in [6.45, 7) is 2.69. The summed E-state index contributed by atoms with van der Waals surface area (Å²) in [4.78, 5) is 25.3. The van der Waals surface area contributed by atoms with Crippen LogP contribution in [0.2, 0.25) is 0 Å². The molecule has 1 atom stereocenters. The highest BCUT2D eigenvalue weighted by atomic mass is 32.2. The van der Waals surface area contributed by atoms with Gasteiger partial charge in [0.15, 0.2) is 5.78 Å². The quantitative estimate of drug-likeness (QED) is 0.173. The minimum Gasteiger partial charge on any atom is -0.330 e. The molecule has 0 heterocycles. The molecule has 1 aromatic carbocycles. The van der Waals surface area contributed by atoms with Gasteiger partial charge in [-0.2, -0.15) is 8.42 Å². The molecule has 0 saturated carbocycles. The molecule has 0 aliphatic heterocycles. The van der Waals surface area contributed by atoms with Crippen LogP contribution >= 0.6 is 0 Å². The van der Waals surface area contributed by atoms with E-state index in [4.69, 9.17) is 10.3 Å². The third-order valence-electron chi connectivity index (χ3n) is 5.12. The number of unbranched alkanes of at least 4 members (excludes halogenated alkanes) is 7. The lowest BCUT2D eigenvalue weighted by molar-refractivity contribution is -0.121. The van der Waals surface area contributed by atoms with Gasteiger partial charge < -0.3 is 5.73 Å². The highest BCUT2D eigenvalue weighted by Crippen LogP contribution is 2.21. The minimum absolute atomic E-state index is 0.0561. The van der Waals surface area contributed by atoms with Gasteiger partial charge in [0.25, 0.3) is 10.1 Å². The van der Waals surface area contributed by atoms with E-state index < -0.39 is 16.0 Å². The van der Waals surface area contributed by atoms with Crippen molar-refractivity contribution in [3.8, 4) is 0 Å². The molecule has 0 aliphatic carbocycles. The maximum atomic E-state index is 12.9. The summed E-state index contributed by atoms with van der Waals surface area (Å²) in [7, 11) is -4.32. The molecular formula is C22H35NO5S. The highest BCUT2D eigenvalue weighted by molar-refractivity contribution is 7.85. The first-order valence-corrected chi connectivity index (χ1v) is 12.1. The molecular weight excluding hydrogens is 390 g/mol. The average molecular weight is 426 g/mol. The largest absolute Gasteiger partial charge is 0.330 e. The minimum atomic E-state index is -4.32. The number of Topliss-reactive ketones (excluding diaryl/α,β-unsaturated/α-hetero) is 2. The first-order chi connectivity index (χ1) is 13.8. The van der Waals surface area contributed by atoms with Gasteiger partial charge in [-0.15, -0.1) is 0 Å². The third kappa shape index (κ3) is 9.65. The molecule has 0 radical (unpaired) electrons. The van der Waals surface area contributed by atoms with Crippen molar-refractivity contribution in [2.24, 2.45) is 11.7 Å². The van der Waals surface area contributed by atoms with Crippen LogP contribution in [0.25, 0.3) is 0 Å². The van der Waals surface area contributed by atoms with Crippen LogP contribution in [0.4, 0.5) is 0 Å². The zero-order chi connectivity index (χ0) is 21.7. The van der Waals surface area contributed by atoms with Crippen LogP contribution in [0, 0.1) is 5.92 Å². The van der Waals surface area contributed by atoms with Crippen molar-refractivity contribution in [3.05, 3.63) is 29.8 Å².